The Morgan fingerprint density at radius 3 is 2.61 bits per heavy atom. The number of aliphatic imine (C=N–C) groups is 1. The summed E-state index contributed by atoms with van der Waals surface area (Å²) in [6.07, 6.45) is 3.36. The highest BCUT2D eigenvalue weighted by molar-refractivity contribution is 6.34. The summed E-state index contributed by atoms with van der Waals surface area (Å²) >= 11 is 6.41. The molecule has 0 aliphatic carbocycles. The van der Waals surface area contributed by atoms with Gasteiger partial charge in [-0.25, -0.2) is 9.79 Å². The molecule has 6 nitrogen and oxygen atoms in total. The van der Waals surface area contributed by atoms with Crippen LogP contribution in [0.3, 0.4) is 0 Å². The molecule has 0 fully saturated rings. The van der Waals surface area contributed by atoms with Crippen LogP contribution in [0.5, 0.6) is 5.88 Å². The number of aromatic amines is 1. The molecule has 0 bridgehead atoms. The number of esters is 1. The van der Waals surface area contributed by atoms with E-state index in [-0.39, 0.29) is 16.5 Å². The number of fused-ring (bicyclic) bond motifs is 1. The van der Waals surface area contributed by atoms with Gasteiger partial charge in [0.2, 0.25) is 0 Å². The third-order valence-corrected chi connectivity index (χ3v) is 5.23. The number of pyridine rings is 1. The summed E-state index contributed by atoms with van der Waals surface area (Å²) in [5.74, 6) is -0.491. The summed E-state index contributed by atoms with van der Waals surface area (Å²) in [5, 5.41) is 11.8. The zero-order valence-corrected chi connectivity index (χ0v) is 19.6. The molecule has 0 radical (unpaired) electrons. The number of benzene rings is 2. The van der Waals surface area contributed by atoms with Crippen LogP contribution in [0.1, 0.15) is 47.8 Å². The van der Waals surface area contributed by atoms with Gasteiger partial charge in [-0.3, -0.25) is 4.98 Å². The highest BCUT2D eigenvalue weighted by atomic mass is 35.5. The topological polar surface area (TPSA) is 87.6 Å². The standard InChI is InChI=1S/C26H24ClN3O3/c1-15-7-9-19-21(12-15)30-24(31)22(19)23(16-6-5-11-28-14-16)29-17-8-10-18(20(27)13-17)25(32)33-26(2,3)4/h5-14,30-31H,1-4H3. The number of nitrogens with zero attached hydrogens (tertiary/aromatic N) is 2. The summed E-state index contributed by atoms with van der Waals surface area (Å²) in [6, 6.07) is 14.5. The number of aryl methyl sites for hydroxylation is 1. The molecule has 4 rings (SSSR count). The van der Waals surface area contributed by atoms with Crippen LogP contribution in [0.4, 0.5) is 5.69 Å². The van der Waals surface area contributed by atoms with Gasteiger partial charge in [0.1, 0.15) is 5.60 Å². The maximum absolute atomic E-state index is 12.5. The number of nitrogens with one attached hydrogen (secondary N) is 1. The van der Waals surface area contributed by atoms with Crippen LogP contribution in [-0.4, -0.2) is 32.4 Å². The van der Waals surface area contributed by atoms with E-state index in [4.69, 9.17) is 21.3 Å². The monoisotopic (exact) mass is 461 g/mol. The fourth-order valence-corrected chi connectivity index (χ4v) is 3.76. The highest BCUT2D eigenvalue weighted by Crippen LogP contribution is 2.33. The Kier molecular flexibility index (Phi) is 5.95. The van der Waals surface area contributed by atoms with Crippen LogP contribution in [0.2, 0.25) is 5.02 Å². The predicted molar refractivity (Wildman–Crippen MR) is 131 cm³/mol. The van der Waals surface area contributed by atoms with E-state index in [0.29, 0.717) is 17.0 Å². The largest absolute Gasteiger partial charge is 0.494 e. The summed E-state index contributed by atoms with van der Waals surface area (Å²) in [7, 11) is 0. The lowest BCUT2D eigenvalue weighted by Gasteiger charge is -2.19. The molecular weight excluding hydrogens is 438 g/mol. The fourth-order valence-electron chi connectivity index (χ4n) is 3.51. The molecule has 2 heterocycles. The van der Waals surface area contributed by atoms with Crippen molar-refractivity contribution in [2.24, 2.45) is 4.99 Å². The zero-order valence-electron chi connectivity index (χ0n) is 18.8. The Balaban J connectivity index is 1.84. The lowest BCUT2D eigenvalue weighted by Crippen LogP contribution is -2.24. The minimum Gasteiger partial charge on any atom is -0.494 e. The summed E-state index contributed by atoms with van der Waals surface area (Å²) < 4.78 is 5.42. The van der Waals surface area contributed by atoms with Crippen LogP contribution in [-0.2, 0) is 4.74 Å². The summed E-state index contributed by atoms with van der Waals surface area (Å²) in [4.78, 5) is 24.5. The number of carbonyl (C=O) groups is 1. The quantitative estimate of drug-likeness (QED) is 0.273. The Morgan fingerprint density at radius 2 is 1.94 bits per heavy atom. The minimum absolute atomic E-state index is 0.00896. The second-order valence-corrected chi connectivity index (χ2v) is 9.17. The molecule has 0 saturated heterocycles. The number of rotatable bonds is 4. The van der Waals surface area contributed by atoms with Crippen molar-refractivity contribution in [1.29, 1.82) is 0 Å². The first-order valence-electron chi connectivity index (χ1n) is 10.5. The van der Waals surface area contributed by atoms with Gasteiger partial charge in [-0.15, -0.1) is 0 Å². The molecule has 2 aromatic carbocycles. The Hall–Kier alpha value is -3.64. The third-order valence-electron chi connectivity index (χ3n) is 4.92. The molecule has 168 valence electrons. The van der Waals surface area contributed by atoms with E-state index in [2.05, 4.69) is 9.97 Å². The number of halogens is 1. The molecule has 0 aliphatic heterocycles. The third kappa shape index (κ3) is 4.91. The van der Waals surface area contributed by atoms with Crippen molar-refractivity contribution >= 4 is 39.9 Å². The maximum Gasteiger partial charge on any atom is 0.340 e. The summed E-state index contributed by atoms with van der Waals surface area (Å²) in [6.45, 7) is 7.38. The molecule has 0 spiro atoms. The lowest BCUT2D eigenvalue weighted by molar-refractivity contribution is 0.00698. The number of H-pyrrole nitrogens is 1. The van der Waals surface area contributed by atoms with E-state index in [1.54, 1.807) is 57.4 Å². The number of ether oxygens (including phenoxy) is 1. The molecule has 0 unspecified atom stereocenters. The van der Waals surface area contributed by atoms with Crippen LogP contribution in [0.25, 0.3) is 10.9 Å². The Morgan fingerprint density at radius 1 is 1.15 bits per heavy atom. The van der Waals surface area contributed by atoms with Crippen LogP contribution in [0, 0.1) is 6.92 Å². The maximum atomic E-state index is 12.5. The van der Waals surface area contributed by atoms with E-state index in [0.717, 1.165) is 22.0 Å². The lowest BCUT2D eigenvalue weighted by atomic mass is 10.0. The normalized spacial score (nSPS) is 12.2. The molecule has 0 aliphatic rings. The molecule has 4 aromatic rings. The van der Waals surface area contributed by atoms with Crippen molar-refractivity contribution in [3.63, 3.8) is 0 Å². The smallest absolute Gasteiger partial charge is 0.340 e. The molecular formula is C26H24ClN3O3. The van der Waals surface area contributed by atoms with Gasteiger partial charge in [0, 0.05) is 28.9 Å². The van der Waals surface area contributed by atoms with Gasteiger partial charge >= 0.3 is 5.97 Å². The zero-order chi connectivity index (χ0) is 23.8. The van der Waals surface area contributed by atoms with Gasteiger partial charge in [-0.2, -0.15) is 0 Å². The first-order chi connectivity index (χ1) is 15.6. The SMILES string of the molecule is Cc1ccc2c(C(=Nc3ccc(C(=O)OC(C)(C)C)c(Cl)c3)c3cccnc3)c(O)[nH]c2c1. The van der Waals surface area contributed by atoms with Crippen molar-refractivity contribution < 1.29 is 14.6 Å². The molecule has 0 atom stereocenters. The van der Waals surface area contributed by atoms with E-state index in [9.17, 15) is 9.90 Å². The summed E-state index contributed by atoms with van der Waals surface area (Å²) in [5.41, 5.74) is 3.84. The van der Waals surface area contributed by atoms with Crippen LogP contribution >= 0.6 is 11.6 Å². The predicted octanol–water partition coefficient (Wildman–Crippen LogP) is 6.35. The van der Waals surface area contributed by atoms with Crippen molar-refractivity contribution in [2.75, 3.05) is 0 Å². The average molecular weight is 462 g/mol. The number of hydrogen-bond acceptors (Lipinski definition) is 5. The van der Waals surface area contributed by atoms with Gasteiger partial charge in [0.25, 0.3) is 0 Å². The van der Waals surface area contributed by atoms with Crippen molar-refractivity contribution in [3.8, 4) is 5.88 Å². The van der Waals surface area contributed by atoms with E-state index < -0.39 is 11.6 Å². The van der Waals surface area contributed by atoms with E-state index >= 15 is 0 Å². The molecule has 0 saturated carbocycles. The fraction of sp³-hybridized carbons (Fsp3) is 0.192. The highest BCUT2D eigenvalue weighted by Gasteiger charge is 2.21. The molecule has 33 heavy (non-hydrogen) atoms. The first-order valence-corrected chi connectivity index (χ1v) is 10.8. The average Bonchev–Trinajstić information content (AvgIpc) is 3.06. The van der Waals surface area contributed by atoms with E-state index in [1.165, 1.54) is 0 Å². The van der Waals surface area contributed by atoms with Crippen LogP contribution in [0.15, 0.2) is 65.9 Å². The number of aromatic nitrogens is 2. The van der Waals surface area contributed by atoms with Gasteiger partial charge in [0.15, 0.2) is 5.88 Å². The second kappa shape index (κ2) is 8.71. The molecule has 7 heteroatoms. The van der Waals surface area contributed by atoms with Crippen LogP contribution < -0.4 is 0 Å². The van der Waals surface area contributed by atoms with Gasteiger partial charge in [-0.05, 0) is 69.7 Å². The van der Waals surface area contributed by atoms with Gasteiger partial charge < -0.3 is 14.8 Å². The Bertz CT molecular complexity index is 1370. The minimum atomic E-state index is -0.629. The van der Waals surface area contributed by atoms with Gasteiger partial charge in [0.05, 0.1) is 27.5 Å². The number of carbonyl (C=O) groups excluding carboxylic acids is 1. The Labute approximate surface area is 196 Å². The molecule has 2 N–H and O–H groups in total. The number of aromatic hydroxyl groups is 1. The first kappa shape index (κ1) is 22.6. The second-order valence-electron chi connectivity index (χ2n) is 8.77. The van der Waals surface area contributed by atoms with E-state index in [1.807, 2.05) is 31.2 Å². The molecule has 2 aromatic heterocycles. The van der Waals surface area contributed by atoms with Crippen molar-refractivity contribution in [2.45, 2.75) is 33.3 Å². The van der Waals surface area contributed by atoms with Crippen molar-refractivity contribution in [1.82, 2.24) is 9.97 Å². The number of hydrogen-bond donors (Lipinski definition) is 2. The van der Waals surface area contributed by atoms with Gasteiger partial charge in [-0.1, -0.05) is 23.7 Å². The molecule has 0 amide bonds. The van der Waals surface area contributed by atoms with Crippen molar-refractivity contribution in [3.05, 3.63) is 88.2 Å².